The van der Waals surface area contributed by atoms with Gasteiger partial charge in [0.2, 0.25) is 23.7 Å². The average molecular weight is 1210 g/mol. The number of halogens is 4. The molecule has 6 saturated heterocycles. The molecule has 2 amide bonds. The van der Waals surface area contributed by atoms with Gasteiger partial charge in [-0.3, -0.25) is 19.4 Å². The summed E-state index contributed by atoms with van der Waals surface area (Å²) in [7, 11) is 0. The number of benzene rings is 4. The molecule has 24 nitrogen and oxygen atoms in total. The zero-order chi connectivity index (χ0) is 61.4. The first kappa shape index (κ1) is 60.8. The van der Waals surface area contributed by atoms with Crippen LogP contribution in [0.25, 0.3) is 22.8 Å². The number of hydrogen-bond acceptors (Lipinski definition) is 22. The normalized spacial score (nSPS) is 20.5. The molecule has 0 spiro atoms. The summed E-state index contributed by atoms with van der Waals surface area (Å²) in [6, 6.07) is 30.2. The molecule has 2 atom stereocenters. The zero-order valence-corrected chi connectivity index (χ0v) is 47.8. The highest BCUT2D eigenvalue weighted by Crippen LogP contribution is 2.36. The second-order valence-corrected chi connectivity index (χ2v) is 21.9. The van der Waals surface area contributed by atoms with Gasteiger partial charge in [-0.05, 0) is 84.9 Å². The van der Waals surface area contributed by atoms with Crippen molar-refractivity contribution in [2.75, 3.05) is 139 Å². The topological polar surface area (TPSA) is 280 Å². The smallest absolute Gasteiger partial charge is 0.301 e. The predicted octanol–water partition coefficient (Wildman–Crippen LogP) is 4.56. The second-order valence-electron chi connectivity index (χ2n) is 21.9. The Hall–Kier alpha value is -8.90. The third-order valence-electron chi connectivity index (χ3n) is 16.3. The molecule has 0 unspecified atom stereocenters. The Morgan fingerprint density at radius 2 is 0.943 bits per heavy atom. The van der Waals surface area contributed by atoms with Crippen molar-refractivity contribution in [1.82, 2.24) is 49.5 Å². The van der Waals surface area contributed by atoms with Gasteiger partial charge in [0.05, 0.1) is 62.7 Å². The van der Waals surface area contributed by atoms with E-state index in [4.69, 9.17) is 29.2 Å². The van der Waals surface area contributed by atoms with E-state index in [1.165, 1.54) is 36.9 Å². The minimum atomic E-state index is -3.36. The number of anilines is 6. The number of alkyl halides is 4. The van der Waals surface area contributed by atoms with Gasteiger partial charge in [0.25, 0.3) is 0 Å². The third-order valence-corrected chi connectivity index (χ3v) is 16.3. The zero-order valence-electron chi connectivity index (χ0n) is 47.8. The molecule has 12 rings (SSSR count). The van der Waals surface area contributed by atoms with Gasteiger partial charge in [-0.15, -0.1) is 0 Å². The van der Waals surface area contributed by atoms with Gasteiger partial charge in [0, 0.05) is 112 Å². The quantitative estimate of drug-likeness (QED) is 0.0966. The molecule has 4 aromatic carbocycles. The molecule has 0 radical (unpaired) electrons. The van der Waals surface area contributed by atoms with E-state index in [-0.39, 0.29) is 60.2 Å². The summed E-state index contributed by atoms with van der Waals surface area (Å²) in [6.07, 6.45) is -0.665. The van der Waals surface area contributed by atoms with Crippen molar-refractivity contribution >= 4 is 46.5 Å². The maximum atomic E-state index is 14.8. The van der Waals surface area contributed by atoms with E-state index in [0.29, 0.717) is 35.1 Å². The minimum Gasteiger partial charge on any atom is -0.483 e. The summed E-state index contributed by atoms with van der Waals surface area (Å²) in [5, 5.41) is 43.8. The molecule has 8 heterocycles. The molecule has 6 aliphatic heterocycles. The fraction of sp³-hybridized carbons (Fsp3) is 0.433. The molecule has 460 valence electrons. The Labute approximate surface area is 503 Å². The maximum Gasteiger partial charge on any atom is 0.301 e. The van der Waals surface area contributed by atoms with Gasteiger partial charge in [0.15, 0.2) is 23.9 Å². The minimum absolute atomic E-state index is 0.00572. The largest absolute Gasteiger partial charge is 0.483 e. The highest BCUT2D eigenvalue weighted by molar-refractivity contribution is 5.78. The lowest BCUT2D eigenvalue weighted by Gasteiger charge is -2.43. The van der Waals surface area contributed by atoms with Gasteiger partial charge in [-0.2, -0.15) is 20.5 Å². The first-order valence-electron chi connectivity index (χ1n) is 28.9. The number of nitrogens with one attached hydrogen (secondary N) is 2. The number of piperidine rings is 2. The monoisotopic (exact) mass is 1210 g/mol. The summed E-state index contributed by atoms with van der Waals surface area (Å²) < 4.78 is 80.8. The van der Waals surface area contributed by atoms with Gasteiger partial charge in [-0.25, -0.2) is 37.5 Å². The Morgan fingerprint density at radius 3 is 1.27 bits per heavy atom. The van der Waals surface area contributed by atoms with E-state index in [1.54, 1.807) is 12.1 Å². The average Bonchev–Trinajstić information content (AvgIpc) is 3.70. The van der Waals surface area contributed by atoms with Crippen LogP contribution in [0.2, 0.25) is 0 Å². The molecule has 0 aliphatic carbocycles. The fourth-order valence-corrected chi connectivity index (χ4v) is 11.1. The first-order valence-corrected chi connectivity index (χ1v) is 28.9. The van der Waals surface area contributed by atoms with Crippen molar-refractivity contribution in [2.45, 2.75) is 49.0 Å². The van der Waals surface area contributed by atoms with Crippen LogP contribution in [0.4, 0.5) is 52.2 Å². The Bertz CT molecular complexity index is 3280. The van der Waals surface area contributed by atoms with Crippen LogP contribution in [0.15, 0.2) is 97.6 Å². The van der Waals surface area contributed by atoms with E-state index in [1.807, 2.05) is 36.4 Å². The van der Waals surface area contributed by atoms with E-state index in [0.717, 1.165) is 111 Å². The summed E-state index contributed by atoms with van der Waals surface area (Å²) in [4.78, 5) is 60.7. The number of aromatic nitrogens is 6. The molecule has 0 saturated carbocycles. The summed E-state index contributed by atoms with van der Waals surface area (Å²) in [6.45, 7) is 7.84. The lowest BCUT2D eigenvalue weighted by molar-refractivity contribution is -0.162. The van der Waals surface area contributed by atoms with Crippen LogP contribution in [0, 0.1) is 22.7 Å². The van der Waals surface area contributed by atoms with E-state index in [2.05, 4.69) is 84.4 Å². The van der Waals surface area contributed by atoms with Crippen LogP contribution >= 0.6 is 0 Å². The molecular weight excluding hydrogens is 1150 g/mol. The molecule has 28 heteroatoms. The standard InChI is InChI=1S/2C30H32F2N8O4/c2*31-30(32)18-40(27(42)15-41)8-7-26(30)44-25-6-1-20(13-21(25)14-33)28-34-19-35-29(37-28)36-22-2-4-23(5-3-22)38-9-11-39(12-10-38)24-16-43-17-24/h2*1-6,13,19,24,26,41H,7-12,15-18H2,(H,34,35,36,37)/t2*26-/m10/s1. The number of piperazine rings is 2. The number of likely N-dealkylation sites (tertiary alicyclic amines) is 2. The molecule has 6 fully saturated rings. The molecule has 4 N–H and O–H groups in total. The van der Waals surface area contributed by atoms with E-state index < -0.39 is 62.2 Å². The molecular formula is C60H64F4N16O8. The summed E-state index contributed by atoms with van der Waals surface area (Å²) in [5.74, 6) is -7.07. The second kappa shape index (κ2) is 27.0. The number of carbonyl (C=O) groups is 2. The third kappa shape index (κ3) is 14.2. The fourth-order valence-electron chi connectivity index (χ4n) is 11.1. The Morgan fingerprint density at radius 1 is 0.557 bits per heavy atom. The number of nitrogens with zero attached hydrogens (tertiary/aromatic N) is 14. The first-order chi connectivity index (χ1) is 42.6. The van der Waals surface area contributed by atoms with Crippen LogP contribution in [0.1, 0.15) is 24.0 Å². The lowest BCUT2D eigenvalue weighted by atomic mass is 10.0. The van der Waals surface area contributed by atoms with Gasteiger partial charge < -0.3 is 59.4 Å². The van der Waals surface area contributed by atoms with E-state index in [9.17, 15) is 37.7 Å². The molecule has 6 aromatic rings. The Kier molecular flexibility index (Phi) is 18.7. The van der Waals surface area contributed by atoms with Crippen molar-refractivity contribution in [3.05, 3.63) is 109 Å². The van der Waals surface area contributed by atoms with Crippen molar-refractivity contribution in [2.24, 2.45) is 0 Å². The molecule has 6 aliphatic rings. The maximum absolute atomic E-state index is 14.8. The number of hydrogen-bond donors (Lipinski definition) is 4. The number of ether oxygens (including phenoxy) is 4. The number of amides is 2. The number of rotatable bonds is 16. The van der Waals surface area contributed by atoms with Crippen LogP contribution in [-0.4, -0.2) is 226 Å². The molecule has 88 heavy (non-hydrogen) atoms. The van der Waals surface area contributed by atoms with Crippen LogP contribution in [0.3, 0.4) is 0 Å². The van der Waals surface area contributed by atoms with Crippen LogP contribution < -0.4 is 29.9 Å². The highest BCUT2D eigenvalue weighted by atomic mass is 19.3. The number of aliphatic hydroxyl groups is 2. The van der Waals surface area contributed by atoms with Crippen molar-refractivity contribution in [3.63, 3.8) is 0 Å². The van der Waals surface area contributed by atoms with Gasteiger partial charge in [-0.1, -0.05) is 0 Å². The SMILES string of the molecule is N#Cc1cc(-c2ncnc(Nc3ccc(N4CCN(C5COC5)CC4)cc3)n2)ccc1O[C@@H]1CCN(C(=O)CO)CC1(F)F.N#Cc1cc(-c2ncnc(Nc3ccc(N4CCN(C5COC5)CC4)cc3)n2)ccc1O[C@H]1CCN(C(=O)CO)CC1(F)F. The number of nitriles is 2. The number of aliphatic hydroxyl groups excluding tert-OH is 2. The van der Waals surface area contributed by atoms with Crippen LogP contribution in [0.5, 0.6) is 11.5 Å². The lowest BCUT2D eigenvalue weighted by Crippen LogP contribution is -2.56. The summed E-state index contributed by atoms with van der Waals surface area (Å²) in [5.41, 5.74) is 4.93. The predicted molar refractivity (Wildman–Crippen MR) is 311 cm³/mol. The van der Waals surface area contributed by atoms with E-state index >= 15 is 0 Å². The molecule has 0 bridgehead atoms. The van der Waals surface area contributed by atoms with Gasteiger partial charge >= 0.3 is 11.8 Å². The van der Waals surface area contributed by atoms with Crippen LogP contribution in [-0.2, 0) is 19.1 Å². The summed E-state index contributed by atoms with van der Waals surface area (Å²) >= 11 is 0. The highest BCUT2D eigenvalue weighted by Gasteiger charge is 2.49. The van der Waals surface area contributed by atoms with Crippen molar-refractivity contribution in [1.29, 1.82) is 10.5 Å². The van der Waals surface area contributed by atoms with Crippen molar-refractivity contribution in [3.8, 4) is 46.4 Å². The Balaban J connectivity index is 0.000000182. The van der Waals surface area contributed by atoms with Gasteiger partial charge in [0.1, 0.15) is 49.5 Å². The number of carbonyl (C=O) groups excluding carboxylic acids is 2. The molecule has 2 aromatic heterocycles. The van der Waals surface area contributed by atoms with Crippen molar-refractivity contribution < 1.29 is 56.3 Å².